The van der Waals surface area contributed by atoms with Gasteiger partial charge < -0.3 is 14.9 Å². The van der Waals surface area contributed by atoms with Gasteiger partial charge in [0.05, 0.1) is 12.1 Å². The number of carbonyl (C=O) groups is 2. The molecule has 1 aromatic carbocycles. The molecule has 1 aromatic rings. The zero-order valence-corrected chi connectivity index (χ0v) is 11.1. The molecule has 0 aliphatic heterocycles. The lowest BCUT2D eigenvalue weighted by atomic mass is 10.1. The quantitative estimate of drug-likeness (QED) is 0.781. The first-order chi connectivity index (χ1) is 8.67. The molecule has 0 bridgehead atoms. The van der Waals surface area contributed by atoms with E-state index in [2.05, 4.69) is 5.32 Å². The lowest BCUT2D eigenvalue weighted by Gasteiger charge is -2.20. The summed E-state index contributed by atoms with van der Waals surface area (Å²) in [6, 6.07) is 4.08. The molecular formula is C13H17NO5. The number of benzene rings is 1. The van der Waals surface area contributed by atoms with Gasteiger partial charge in [0.1, 0.15) is 11.4 Å². The van der Waals surface area contributed by atoms with Crippen molar-refractivity contribution in [1.29, 1.82) is 0 Å². The number of nitrogens with one attached hydrogen (secondary N) is 1. The van der Waals surface area contributed by atoms with Gasteiger partial charge in [0.2, 0.25) is 0 Å². The summed E-state index contributed by atoms with van der Waals surface area (Å²) in [6.45, 7) is 5.15. The Balaban J connectivity index is 2.89. The number of rotatable bonds is 3. The first kappa shape index (κ1) is 14.8. The summed E-state index contributed by atoms with van der Waals surface area (Å²) in [5, 5.41) is 20.6. The van der Waals surface area contributed by atoms with Crippen molar-refractivity contribution in [1.82, 2.24) is 0 Å². The molecule has 0 saturated heterocycles. The Bertz CT molecular complexity index is 490. The average molecular weight is 267 g/mol. The second-order valence-electron chi connectivity index (χ2n) is 5.04. The fourth-order valence-electron chi connectivity index (χ4n) is 1.41. The zero-order chi connectivity index (χ0) is 14.6. The topological polar surface area (TPSA) is 95.9 Å². The Morgan fingerprint density at radius 1 is 1.32 bits per heavy atom. The fourth-order valence-corrected chi connectivity index (χ4v) is 1.41. The van der Waals surface area contributed by atoms with E-state index in [-0.39, 0.29) is 17.9 Å². The molecule has 19 heavy (non-hydrogen) atoms. The van der Waals surface area contributed by atoms with Crippen LogP contribution in [-0.2, 0) is 16.0 Å². The van der Waals surface area contributed by atoms with Crippen molar-refractivity contribution in [3.63, 3.8) is 0 Å². The number of hydrogen-bond acceptors (Lipinski definition) is 4. The maximum absolute atomic E-state index is 11.6. The van der Waals surface area contributed by atoms with Crippen LogP contribution in [-0.4, -0.2) is 27.9 Å². The van der Waals surface area contributed by atoms with E-state index in [1.807, 2.05) is 0 Å². The Morgan fingerprint density at radius 3 is 2.47 bits per heavy atom. The van der Waals surface area contributed by atoms with Crippen LogP contribution in [0, 0.1) is 0 Å². The maximum atomic E-state index is 11.6. The van der Waals surface area contributed by atoms with Crippen LogP contribution in [0.1, 0.15) is 26.3 Å². The summed E-state index contributed by atoms with van der Waals surface area (Å²) in [5.41, 5.74) is -0.0544. The lowest BCUT2D eigenvalue weighted by Crippen LogP contribution is -2.27. The van der Waals surface area contributed by atoms with Gasteiger partial charge in [-0.2, -0.15) is 0 Å². The van der Waals surface area contributed by atoms with Crippen LogP contribution in [0.5, 0.6) is 5.75 Å². The Kier molecular flexibility index (Phi) is 4.37. The monoisotopic (exact) mass is 267 g/mol. The number of phenolic OH excluding ortho intramolecular Hbond substituents is 1. The van der Waals surface area contributed by atoms with Crippen molar-refractivity contribution < 1.29 is 24.5 Å². The predicted molar refractivity (Wildman–Crippen MR) is 69.3 cm³/mol. The minimum atomic E-state index is -1.03. The van der Waals surface area contributed by atoms with Crippen LogP contribution < -0.4 is 5.32 Å². The lowest BCUT2D eigenvalue weighted by molar-refractivity contribution is -0.136. The van der Waals surface area contributed by atoms with Crippen LogP contribution in [0.2, 0.25) is 0 Å². The van der Waals surface area contributed by atoms with Crippen molar-refractivity contribution in [3.05, 3.63) is 23.8 Å². The average Bonchev–Trinajstić information content (AvgIpc) is 2.18. The highest BCUT2D eigenvalue weighted by molar-refractivity contribution is 5.87. The molecule has 0 atom stereocenters. The number of anilines is 1. The van der Waals surface area contributed by atoms with Gasteiger partial charge in [-0.05, 0) is 32.4 Å². The van der Waals surface area contributed by atoms with Gasteiger partial charge >= 0.3 is 12.1 Å². The van der Waals surface area contributed by atoms with Crippen molar-refractivity contribution >= 4 is 17.7 Å². The van der Waals surface area contributed by atoms with E-state index in [0.29, 0.717) is 5.56 Å². The first-order valence-electron chi connectivity index (χ1n) is 5.71. The summed E-state index contributed by atoms with van der Waals surface area (Å²) in [4.78, 5) is 22.3. The molecule has 104 valence electrons. The summed E-state index contributed by atoms with van der Waals surface area (Å²) < 4.78 is 5.06. The number of aliphatic carboxylic acids is 1. The molecule has 1 amide bonds. The van der Waals surface area contributed by atoms with Gasteiger partial charge in [-0.25, -0.2) is 4.79 Å². The van der Waals surface area contributed by atoms with Crippen molar-refractivity contribution in [3.8, 4) is 5.75 Å². The number of phenols is 1. The van der Waals surface area contributed by atoms with Gasteiger partial charge in [-0.3, -0.25) is 10.1 Å². The normalized spacial score (nSPS) is 10.9. The van der Waals surface area contributed by atoms with Crippen molar-refractivity contribution in [2.45, 2.75) is 32.8 Å². The molecule has 0 radical (unpaired) electrons. The number of carboxylic acids is 1. The number of amides is 1. The molecular weight excluding hydrogens is 250 g/mol. The highest BCUT2D eigenvalue weighted by atomic mass is 16.6. The van der Waals surface area contributed by atoms with E-state index < -0.39 is 17.7 Å². The van der Waals surface area contributed by atoms with Gasteiger partial charge in [-0.15, -0.1) is 0 Å². The second kappa shape index (κ2) is 5.60. The minimum Gasteiger partial charge on any atom is -0.508 e. The summed E-state index contributed by atoms with van der Waals surface area (Å²) >= 11 is 0. The summed E-state index contributed by atoms with van der Waals surface area (Å²) in [7, 11) is 0. The van der Waals surface area contributed by atoms with E-state index in [9.17, 15) is 14.7 Å². The molecule has 0 aliphatic carbocycles. The molecule has 0 aromatic heterocycles. The number of aromatic hydroxyl groups is 1. The van der Waals surface area contributed by atoms with Gasteiger partial charge in [0.25, 0.3) is 0 Å². The molecule has 0 saturated carbocycles. The Morgan fingerprint density at radius 2 is 1.95 bits per heavy atom. The van der Waals surface area contributed by atoms with Gasteiger partial charge in [0.15, 0.2) is 0 Å². The number of ether oxygens (including phenoxy) is 1. The molecule has 0 aliphatic rings. The van der Waals surface area contributed by atoms with E-state index in [1.165, 1.54) is 18.2 Å². The second-order valence-corrected chi connectivity index (χ2v) is 5.04. The summed E-state index contributed by atoms with van der Waals surface area (Å²) in [5.74, 6) is -1.10. The van der Waals surface area contributed by atoms with E-state index >= 15 is 0 Å². The smallest absolute Gasteiger partial charge is 0.412 e. The van der Waals surface area contributed by atoms with Crippen LogP contribution >= 0.6 is 0 Å². The fraction of sp³-hybridized carbons (Fsp3) is 0.385. The summed E-state index contributed by atoms with van der Waals surface area (Å²) in [6.07, 6.45) is -0.962. The zero-order valence-electron chi connectivity index (χ0n) is 11.1. The number of carbonyl (C=O) groups excluding carboxylic acids is 1. The van der Waals surface area contributed by atoms with Gasteiger partial charge in [-0.1, -0.05) is 6.07 Å². The Hall–Kier alpha value is -2.24. The van der Waals surface area contributed by atoms with Crippen LogP contribution in [0.3, 0.4) is 0 Å². The van der Waals surface area contributed by atoms with Crippen LogP contribution in [0.25, 0.3) is 0 Å². The van der Waals surface area contributed by atoms with Crippen LogP contribution in [0.15, 0.2) is 18.2 Å². The molecule has 0 fully saturated rings. The highest BCUT2D eigenvalue weighted by Gasteiger charge is 2.18. The minimum absolute atomic E-state index is 0.0693. The molecule has 0 spiro atoms. The number of carboxylic acid groups (broad SMARTS) is 1. The van der Waals surface area contributed by atoms with E-state index in [4.69, 9.17) is 9.84 Å². The third-order valence-electron chi connectivity index (χ3n) is 2.07. The molecule has 0 unspecified atom stereocenters. The molecule has 6 heteroatoms. The number of hydrogen-bond donors (Lipinski definition) is 3. The standard InChI is InChI=1S/C13H17NO5/c1-13(2,3)19-12(18)14-10-7-9(15)5-4-8(10)6-11(16)17/h4-5,7,15H,6H2,1-3H3,(H,14,18)(H,16,17). The van der Waals surface area contributed by atoms with E-state index in [1.54, 1.807) is 20.8 Å². The Labute approximate surface area is 111 Å². The third kappa shape index (κ3) is 5.29. The molecule has 3 N–H and O–H groups in total. The highest BCUT2D eigenvalue weighted by Crippen LogP contribution is 2.23. The van der Waals surface area contributed by atoms with Crippen molar-refractivity contribution in [2.24, 2.45) is 0 Å². The van der Waals surface area contributed by atoms with Gasteiger partial charge in [0, 0.05) is 6.07 Å². The largest absolute Gasteiger partial charge is 0.508 e. The van der Waals surface area contributed by atoms with E-state index in [0.717, 1.165) is 0 Å². The molecule has 0 heterocycles. The predicted octanol–water partition coefficient (Wildman–Crippen LogP) is 2.37. The molecule has 1 rings (SSSR count). The maximum Gasteiger partial charge on any atom is 0.412 e. The SMILES string of the molecule is CC(C)(C)OC(=O)Nc1cc(O)ccc1CC(=O)O. The molecule has 6 nitrogen and oxygen atoms in total. The first-order valence-corrected chi connectivity index (χ1v) is 5.71. The third-order valence-corrected chi connectivity index (χ3v) is 2.07. The van der Waals surface area contributed by atoms with Crippen molar-refractivity contribution in [2.75, 3.05) is 5.32 Å². The van der Waals surface area contributed by atoms with Crippen LogP contribution in [0.4, 0.5) is 10.5 Å².